The third-order valence-corrected chi connectivity index (χ3v) is 5.92. The number of hydrogen-bond donors (Lipinski definition) is 1. The molecule has 36 heavy (non-hydrogen) atoms. The van der Waals surface area contributed by atoms with Gasteiger partial charge in [-0.25, -0.2) is 0 Å². The van der Waals surface area contributed by atoms with Gasteiger partial charge >= 0.3 is 6.18 Å². The number of alkyl halides is 3. The molecule has 0 unspecified atom stereocenters. The summed E-state index contributed by atoms with van der Waals surface area (Å²) < 4.78 is 49.9. The number of anilines is 1. The molecule has 4 rings (SSSR count). The van der Waals surface area contributed by atoms with Crippen LogP contribution in [0.3, 0.4) is 0 Å². The smallest absolute Gasteiger partial charge is 0.432 e. The Morgan fingerprint density at radius 3 is 2.42 bits per heavy atom. The first-order valence-corrected chi connectivity index (χ1v) is 11.4. The zero-order valence-electron chi connectivity index (χ0n) is 18.7. The number of pyridine rings is 1. The predicted octanol–water partition coefficient (Wildman–Crippen LogP) is 6.63. The SMILES string of the molecule is CCOc1ccc2c(c1)c(C(=O)C(=O)Nc1ccncc1)c(C(F)(F)F)n2Cc1ccc(Cl)cc1Cl. The molecule has 2 aromatic carbocycles. The number of benzene rings is 2. The van der Waals surface area contributed by atoms with Crippen molar-refractivity contribution in [2.75, 3.05) is 11.9 Å². The summed E-state index contributed by atoms with van der Waals surface area (Å²) in [5.41, 5.74) is -1.42. The Kier molecular flexibility index (Phi) is 7.23. The number of rotatable bonds is 7. The summed E-state index contributed by atoms with van der Waals surface area (Å²) in [6.07, 6.45) is -2.24. The minimum atomic E-state index is -4.98. The van der Waals surface area contributed by atoms with Crippen LogP contribution in [0, 0.1) is 0 Å². The normalized spacial score (nSPS) is 11.5. The van der Waals surface area contributed by atoms with Crippen molar-refractivity contribution in [2.45, 2.75) is 19.6 Å². The third-order valence-electron chi connectivity index (χ3n) is 5.33. The van der Waals surface area contributed by atoms with Gasteiger partial charge in [0.05, 0.1) is 12.2 Å². The van der Waals surface area contributed by atoms with Gasteiger partial charge in [0.15, 0.2) is 0 Å². The Balaban J connectivity index is 1.93. The van der Waals surface area contributed by atoms with E-state index in [0.717, 1.165) is 4.57 Å². The summed E-state index contributed by atoms with van der Waals surface area (Å²) in [5, 5.41) is 2.73. The molecule has 0 saturated heterocycles. The molecule has 0 radical (unpaired) electrons. The molecule has 11 heteroatoms. The van der Waals surface area contributed by atoms with E-state index in [1.54, 1.807) is 6.92 Å². The monoisotopic (exact) mass is 535 g/mol. The van der Waals surface area contributed by atoms with Crippen LogP contribution in [0.25, 0.3) is 10.9 Å². The molecule has 0 atom stereocenters. The number of fused-ring (bicyclic) bond motifs is 1. The molecule has 0 fully saturated rings. The van der Waals surface area contributed by atoms with Crippen LogP contribution in [0.2, 0.25) is 10.0 Å². The van der Waals surface area contributed by atoms with E-state index < -0.39 is 29.1 Å². The van der Waals surface area contributed by atoms with Gasteiger partial charge in [0.2, 0.25) is 0 Å². The van der Waals surface area contributed by atoms with E-state index >= 15 is 0 Å². The van der Waals surface area contributed by atoms with Gasteiger partial charge < -0.3 is 14.6 Å². The zero-order valence-corrected chi connectivity index (χ0v) is 20.2. The number of nitrogens with zero attached hydrogens (tertiary/aromatic N) is 2. The van der Waals surface area contributed by atoms with Gasteiger partial charge in [-0.1, -0.05) is 29.3 Å². The number of ether oxygens (including phenoxy) is 1. The molecular weight excluding hydrogens is 518 g/mol. The van der Waals surface area contributed by atoms with Crippen LogP contribution in [0.1, 0.15) is 28.5 Å². The van der Waals surface area contributed by atoms with E-state index in [1.807, 2.05) is 0 Å². The number of amides is 1. The van der Waals surface area contributed by atoms with Crippen LogP contribution in [0.4, 0.5) is 18.9 Å². The van der Waals surface area contributed by atoms with Gasteiger partial charge in [-0.05, 0) is 55.0 Å². The second kappa shape index (κ2) is 10.2. The Morgan fingerprint density at radius 2 is 1.78 bits per heavy atom. The van der Waals surface area contributed by atoms with Crippen LogP contribution in [0.15, 0.2) is 60.9 Å². The number of carbonyl (C=O) groups is 2. The Hall–Kier alpha value is -3.56. The van der Waals surface area contributed by atoms with Crippen molar-refractivity contribution in [3.63, 3.8) is 0 Å². The van der Waals surface area contributed by atoms with E-state index in [9.17, 15) is 22.8 Å². The van der Waals surface area contributed by atoms with Gasteiger partial charge in [-0.3, -0.25) is 14.6 Å². The lowest BCUT2D eigenvalue weighted by molar-refractivity contribution is -0.143. The fourth-order valence-corrected chi connectivity index (χ4v) is 4.30. The second-order valence-corrected chi connectivity index (χ2v) is 8.52. The van der Waals surface area contributed by atoms with E-state index in [2.05, 4.69) is 10.3 Å². The Labute approximate surface area is 213 Å². The van der Waals surface area contributed by atoms with Crippen LogP contribution in [0.5, 0.6) is 5.75 Å². The lowest BCUT2D eigenvalue weighted by Crippen LogP contribution is -2.26. The molecule has 2 heterocycles. The third kappa shape index (κ3) is 5.17. The summed E-state index contributed by atoms with van der Waals surface area (Å²) in [6, 6.07) is 11.5. The number of carbonyl (C=O) groups excluding carboxylic acids is 2. The summed E-state index contributed by atoms with van der Waals surface area (Å²) in [5.74, 6) is -2.32. The summed E-state index contributed by atoms with van der Waals surface area (Å²) in [7, 11) is 0. The van der Waals surface area contributed by atoms with E-state index in [1.165, 1.54) is 60.9 Å². The van der Waals surface area contributed by atoms with Crippen molar-refractivity contribution in [1.82, 2.24) is 9.55 Å². The summed E-state index contributed by atoms with van der Waals surface area (Å²) in [6.45, 7) is 1.65. The number of aromatic nitrogens is 2. The first kappa shape index (κ1) is 25.5. The van der Waals surface area contributed by atoms with Crippen molar-refractivity contribution < 1.29 is 27.5 Å². The highest BCUT2D eigenvalue weighted by Crippen LogP contribution is 2.40. The summed E-state index contributed by atoms with van der Waals surface area (Å²) >= 11 is 12.2. The highest BCUT2D eigenvalue weighted by molar-refractivity contribution is 6.48. The standard InChI is InChI=1S/C25H18Cl2F3N3O3/c1-2-36-17-5-6-20-18(12-17)21(22(34)24(35)32-16-7-9-31-10-8-16)23(25(28,29)30)33(20)13-14-3-4-15(26)11-19(14)27/h3-12H,2,13H2,1H3,(H,31,32,35). The molecule has 0 spiro atoms. The van der Waals surface area contributed by atoms with Gasteiger partial charge in [0.1, 0.15) is 11.4 Å². The van der Waals surface area contributed by atoms with E-state index in [0.29, 0.717) is 10.6 Å². The van der Waals surface area contributed by atoms with E-state index in [-0.39, 0.29) is 40.5 Å². The molecule has 1 N–H and O–H groups in total. The van der Waals surface area contributed by atoms with Gasteiger partial charge in [0.25, 0.3) is 11.7 Å². The predicted molar refractivity (Wildman–Crippen MR) is 131 cm³/mol. The van der Waals surface area contributed by atoms with Gasteiger partial charge in [-0.15, -0.1) is 0 Å². The number of Topliss-reactive ketones (excluding diaryl/α,β-unsaturated/α-hetero) is 1. The zero-order chi connectivity index (χ0) is 26.0. The average molecular weight is 536 g/mol. The molecular formula is C25H18Cl2F3N3O3. The highest BCUT2D eigenvalue weighted by Gasteiger charge is 2.42. The molecule has 2 aromatic heterocycles. The Bertz CT molecular complexity index is 1450. The number of halogens is 5. The molecule has 0 aliphatic heterocycles. The molecule has 0 bridgehead atoms. The molecule has 6 nitrogen and oxygen atoms in total. The fraction of sp³-hybridized carbons (Fsp3) is 0.160. The van der Waals surface area contributed by atoms with Crippen molar-refractivity contribution in [3.8, 4) is 5.75 Å². The van der Waals surface area contributed by atoms with Crippen LogP contribution in [-0.2, 0) is 17.5 Å². The topological polar surface area (TPSA) is 73.2 Å². The van der Waals surface area contributed by atoms with Gasteiger partial charge in [-0.2, -0.15) is 13.2 Å². The first-order valence-electron chi connectivity index (χ1n) is 10.7. The second-order valence-electron chi connectivity index (χ2n) is 7.67. The largest absolute Gasteiger partial charge is 0.494 e. The van der Waals surface area contributed by atoms with Gasteiger partial charge in [0, 0.05) is 45.6 Å². The van der Waals surface area contributed by atoms with Crippen molar-refractivity contribution >= 4 is 51.5 Å². The first-order chi connectivity index (χ1) is 17.1. The molecule has 4 aromatic rings. The maximum absolute atomic E-state index is 14.5. The molecule has 1 amide bonds. The van der Waals surface area contributed by atoms with E-state index in [4.69, 9.17) is 27.9 Å². The fourth-order valence-electron chi connectivity index (χ4n) is 3.84. The average Bonchev–Trinajstić information content (AvgIpc) is 3.15. The number of nitrogens with one attached hydrogen (secondary N) is 1. The highest BCUT2D eigenvalue weighted by atomic mass is 35.5. The minimum absolute atomic E-state index is 0.0757. The van der Waals surface area contributed by atoms with Crippen molar-refractivity contribution in [1.29, 1.82) is 0 Å². The summed E-state index contributed by atoms with van der Waals surface area (Å²) in [4.78, 5) is 29.8. The quantitative estimate of drug-likeness (QED) is 0.213. The maximum atomic E-state index is 14.5. The lowest BCUT2D eigenvalue weighted by Gasteiger charge is -2.15. The number of ketones is 1. The van der Waals surface area contributed by atoms with Crippen molar-refractivity contribution in [3.05, 3.63) is 87.8 Å². The van der Waals surface area contributed by atoms with Crippen LogP contribution >= 0.6 is 23.2 Å². The molecule has 0 saturated carbocycles. The molecule has 186 valence electrons. The van der Waals surface area contributed by atoms with Crippen molar-refractivity contribution in [2.24, 2.45) is 0 Å². The Morgan fingerprint density at radius 1 is 1.06 bits per heavy atom. The number of hydrogen-bond acceptors (Lipinski definition) is 4. The molecule has 0 aliphatic carbocycles. The molecule has 0 aliphatic rings. The van der Waals surface area contributed by atoms with Crippen LogP contribution in [-0.4, -0.2) is 27.8 Å². The maximum Gasteiger partial charge on any atom is 0.432 e. The lowest BCUT2D eigenvalue weighted by atomic mass is 10.0. The minimum Gasteiger partial charge on any atom is -0.494 e. The van der Waals surface area contributed by atoms with Crippen LogP contribution < -0.4 is 10.1 Å².